The fourth-order valence-corrected chi connectivity index (χ4v) is 4.48. The Morgan fingerprint density at radius 3 is 1.92 bits per heavy atom. The monoisotopic (exact) mass is 513 g/mol. The van der Waals surface area contributed by atoms with Gasteiger partial charge < -0.3 is 9.63 Å². The van der Waals surface area contributed by atoms with Crippen LogP contribution in [0.3, 0.4) is 0 Å². The van der Waals surface area contributed by atoms with Crippen molar-refractivity contribution in [3.63, 3.8) is 0 Å². The van der Waals surface area contributed by atoms with Gasteiger partial charge in [0.2, 0.25) is 0 Å². The number of rotatable bonds is 6. The van der Waals surface area contributed by atoms with E-state index in [2.05, 4.69) is 16.2 Å². The van der Waals surface area contributed by atoms with Crippen molar-refractivity contribution in [2.75, 3.05) is 4.90 Å². The SMILES string of the molecule is C#CN(c1ccccn1)c1c(C)noc1-c1ccc(-c2ccc(C3(C(=O)O)CC3)cc2)cc1.c1ccccc1. The summed E-state index contributed by atoms with van der Waals surface area (Å²) in [6.45, 7) is 1.84. The fourth-order valence-electron chi connectivity index (χ4n) is 4.48. The first kappa shape index (κ1) is 25.5. The second kappa shape index (κ2) is 11.1. The van der Waals surface area contributed by atoms with Crippen LogP contribution in [0, 0.1) is 19.4 Å². The van der Waals surface area contributed by atoms with E-state index in [1.807, 2.05) is 110 Å². The molecule has 6 heteroatoms. The van der Waals surface area contributed by atoms with Gasteiger partial charge in [-0.15, -0.1) is 0 Å². The number of aliphatic carboxylic acids is 1. The van der Waals surface area contributed by atoms with E-state index in [0.29, 0.717) is 35.8 Å². The van der Waals surface area contributed by atoms with Gasteiger partial charge >= 0.3 is 5.97 Å². The predicted octanol–water partition coefficient (Wildman–Crippen LogP) is 7.24. The van der Waals surface area contributed by atoms with Crippen molar-refractivity contribution in [3.8, 4) is 34.9 Å². The van der Waals surface area contributed by atoms with Gasteiger partial charge in [0.15, 0.2) is 5.76 Å². The van der Waals surface area contributed by atoms with Crippen LogP contribution < -0.4 is 4.90 Å². The van der Waals surface area contributed by atoms with E-state index in [-0.39, 0.29) is 0 Å². The molecule has 5 aromatic rings. The molecule has 6 nitrogen and oxygen atoms in total. The molecule has 39 heavy (non-hydrogen) atoms. The standard InChI is InChI=1S/C27H21N3O3.C6H6/c1-3-30(23-6-4-5-17-28-23)24-18(2)29-33-25(24)21-9-7-19(8-10-21)20-11-13-22(14-12-20)27(15-16-27)26(31)32;1-2-4-6-5-3-1/h1,4-14,17H,15-16H2,2H3,(H,31,32);1-6H. The summed E-state index contributed by atoms with van der Waals surface area (Å²) >= 11 is 0. The van der Waals surface area contributed by atoms with Gasteiger partial charge in [-0.2, -0.15) is 0 Å². The van der Waals surface area contributed by atoms with Crippen LogP contribution >= 0.6 is 0 Å². The summed E-state index contributed by atoms with van der Waals surface area (Å²) in [7, 11) is 0. The number of hydrogen-bond acceptors (Lipinski definition) is 5. The van der Waals surface area contributed by atoms with E-state index in [1.165, 1.54) is 0 Å². The first-order valence-electron chi connectivity index (χ1n) is 12.6. The van der Waals surface area contributed by atoms with Crippen LogP contribution in [0.5, 0.6) is 0 Å². The number of nitrogens with zero attached hydrogens (tertiary/aromatic N) is 3. The minimum absolute atomic E-state index is 0.565. The first-order chi connectivity index (χ1) is 19.0. The van der Waals surface area contributed by atoms with E-state index in [1.54, 1.807) is 11.1 Å². The van der Waals surface area contributed by atoms with Gasteiger partial charge in [-0.3, -0.25) is 4.79 Å². The molecule has 2 aromatic heterocycles. The molecule has 1 aliphatic carbocycles. The summed E-state index contributed by atoms with van der Waals surface area (Å²) < 4.78 is 5.64. The molecule has 1 saturated carbocycles. The average molecular weight is 514 g/mol. The minimum Gasteiger partial charge on any atom is -0.481 e. The van der Waals surface area contributed by atoms with Crippen molar-refractivity contribution in [1.82, 2.24) is 10.1 Å². The molecule has 0 spiro atoms. The van der Waals surface area contributed by atoms with Gasteiger partial charge in [0.1, 0.15) is 17.2 Å². The van der Waals surface area contributed by atoms with Crippen LogP contribution in [-0.4, -0.2) is 21.2 Å². The topological polar surface area (TPSA) is 79.5 Å². The maximum absolute atomic E-state index is 11.6. The highest BCUT2D eigenvalue weighted by Crippen LogP contribution is 2.48. The van der Waals surface area contributed by atoms with Crippen LogP contribution in [0.4, 0.5) is 11.5 Å². The van der Waals surface area contributed by atoms with E-state index < -0.39 is 11.4 Å². The number of hydrogen-bond donors (Lipinski definition) is 1. The maximum Gasteiger partial charge on any atom is 0.314 e. The van der Waals surface area contributed by atoms with Crippen LogP contribution in [0.2, 0.25) is 0 Å². The van der Waals surface area contributed by atoms with Gasteiger partial charge in [-0.1, -0.05) is 103 Å². The van der Waals surface area contributed by atoms with Crippen LogP contribution in [-0.2, 0) is 10.2 Å². The lowest BCUT2D eigenvalue weighted by molar-refractivity contribution is -0.140. The van der Waals surface area contributed by atoms with E-state index in [9.17, 15) is 9.90 Å². The Morgan fingerprint density at radius 1 is 0.872 bits per heavy atom. The molecule has 0 atom stereocenters. The minimum atomic E-state index is -0.746. The number of anilines is 2. The molecule has 3 aromatic carbocycles. The third-order valence-electron chi connectivity index (χ3n) is 6.81. The molecule has 1 fully saturated rings. The van der Waals surface area contributed by atoms with E-state index >= 15 is 0 Å². The lowest BCUT2D eigenvalue weighted by Crippen LogP contribution is -2.19. The van der Waals surface area contributed by atoms with E-state index in [0.717, 1.165) is 22.3 Å². The summed E-state index contributed by atoms with van der Waals surface area (Å²) in [4.78, 5) is 17.5. The van der Waals surface area contributed by atoms with Crippen LogP contribution in [0.25, 0.3) is 22.5 Å². The first-order valence-corrected chi connectivity index (χ1v) is 12.6. The molecule has 0 saturated heterocycles. The van der Waals surface area contributed by atoms with Crippen molar-refractivity contribution < 1.29 is 14.4 Å². The lowest BCUT2D eigenvalue weighted by atomic mass is 9.93. The molecule has 0 bridgehead atoms. The van der Waals surface area contributed by atoms with Crippen LogP contribution in [0.15, 0.2) is 114 Å². The average Bonchev–Trinajstić information content (AvgIpc) is 3.73. The zero-order valence-electron chi connectivity index (χ0n) is 21.5. The molecule has 1 N–H and O–H groups in total. The Balaban J connectivity index is 0.000000455. The molecule has 2 heterocycles. The van der Waals surface area contributed by atoms with Gasteiger partial charge in [0, 0.05) is 17.8 Å². The summed E-state index contributed by atoms with van der Waals surface area (Å²) in [5.74, 6) is 0.429. The Kier molecular flexibility index (Phi) is 7.24. The van der Waals surface area contributed by atoms with Crippen molar-refractivity contribution >= 4 is 17.5 Å². The number of carboxylic acid groups (broad SMARTS) is 1. The fraction of sp³-hybridized carbons (Fsp3) is 0.121. The lowest BCUT2D eigenvalue weighted by Gasteiger charge is -2.16. The Labute approximate surface area is 227 Å². The molecule has 0 unspecified atom stereocenters. The quantitative estimate of drug-likeness (QED) is 0.190. The van der Waals surface area contributed by atoms with Crippen molar-refractivity contribution in [2.45, 2.75) is 25.2 Å². The summed E-state index contributed by atoms with van der Waals surface area (Å²) in [6, 6.07) is 35.9. The highest BCUT2D eigenvalue weighted by atomic mass is 16.5. The predicted molar refractivity (Wildman–Crippen MR) is 152 cm³/mol. The third-order valence-corrected chi connectivity index (χ3v) is 6.81. The van der Waals surface area contributed by atoms with Crippen molar-refractivity contribution in [1.29, 1.82) is 0 Å². The summed E-state index contributed by atoms with van der Waals surface area (Å²) in [5, 5.41) is 13.6. The molecular formula is C33H27N3O3. The number of carbonyl (C=O) groups is 1. The van der Waals surface area contributed by atoms with E-state index in [4.69, 9.17) is 10.9 Å². The molecule has 1 aliphatic rings. The number of pyridine rings is 1. The highest BCUT2D eigenvalue weighted by Gasteiger charge is 2.51. The van der Waals surface area contributed by atoms with Gasteiger partial charge in [0.25, 0.3) is 0 Å². The summed E-state index contributed by atoms with van der Waals surface area (Å²) in [5.41, 5.74) is 4.38. The number of aromatic nitrogens is 2. The Hall–Kier alpha value is -5.15. The smallest absolute Gasteiger partial charge is 0.314 e. The number of benzene rings is 3. The maximum atomic E-state index is 11.6. The summed E-state index contributed by atoms with van der Waals surface area (Å²) in [6.07, 6.45) is 8.89. The normalized spacial score (nSPS) is 12.9. The van der Waals surface area contributed by atoms with Gasteiger partial charge in [0.05, 0.1) is 5.41 Å². The molecule has 0 aliphatic heterocycles. The van der Waals surface area contributed by atoms with Crippen molar-refractivity contribution in [3.05, 3.63) is 121 Å². The van der Waals surface area contributed by atoms with Crippen molar-refractivity contribution in [2.24, 2.45) is 0 Å². The highest BCUT2D eigenvalue weighted by molar-refractivity contribution is 5.85. The molecule has 0 radical (unpaired) electrons. The largest absolute Gasteiger partial charge is 0.481 e. The third kappa shape index (κ3) is 5.29. The molecule has 192 valence electrons. The molecule has 0 amide bonds. The number of aryl methyl sites for hydroxylation is 1. The van der Waals surface area contributed by atoms with Gasteiger partial charge in [-0.25, -0.2) is 9.88 Å². The van der Waals surface area contributed by atoms with Crippen LogP contribution in [0.1, 0.15) is 24.1 Å². The zero-order valence-corrected chi connectivity index (χ0v) is 21.5. The molecular weight excluding hydrogens is 486 g/mol. The number of terminal acetylenes is 1. The van der Waals surface area contributed by atoms with Gasteiger partial charge in [-0.05, 0) is 48.6 Å². The number of carboxylic acids is 1. The second-order valence-electron chi connectivity index (χ2n) is 9.29. The molecule has 6 rings (SSSR count). The Morgan fingerprint density at radius 2 is 1.44 bits per heavy atom. The second-order valence-corrected chi connectivity index (χ2v) is 9.29. The zero-order chi connectivity index (χ0) is 27.2. The Bertz CT molecular complexity index is 1560.